The lowest BCUT2D eigenvalue weighted by atomic mass is 9.99. The van der Waals surface area contributed by atoms with Crippen molar-refractivity contribution in [2.75, 3.05) is 0 Å². The summed E-state index contributed by atoms with van der Waals surface area (Å²) in [7, 11) is -4.67. The van der Waals surface area contributed by atoms with Gasteiger partial charge in [-0.2, -0.15) is 8.42 Å². The summed E-state index contributed by atoms with van der Waals surface area (Å²) in [5.41, 5.74) is 0.866. The molecule has 0 aliphatic heterocycles. The van der Waals surface area contributed by atoms with Crippen molar-refractivity contribution in [3.8, 4) is 5.75 Å². The van der Waals surface area contributed by atoms with Gasteiger partial charge in [0.05, 0.1) is 5.92 Å². The summed E-state index contributed by atoms with van der Waals surface area (Å²) in [6, 6.07) is 4.43. The summed E-state index contributed by atoms with van der Waals surface area (Å²) in [5, 5.41) is 8.86. The third kappa shape index (κ3) is 3.72. The quantitative estimate of drug-likeness (QED) is 0.793. The van der Waals surface area contributed by atoms with Crippen LogP contribution in [0.5, 0.6) is 5.75 Å². The van der Waals surface area contributed by atoms with E-state index in [0.717, 1.165) is 0 Å². The van der Waals surface area contributed by atoms with Gasteiger partial charge in [-0.25, -0.2) is 0 Å². The van der Waals surface area contributed by atoms with Gasteiger partial charge in [0, 0.05) is 5.56 Å². The fourth-order valence-electron chi connectivity index (χ4n) is 1.32. The fraction of sp³-hybridized carbons (Fsp3) is 0.300. The number of hydrogen-bond donors (Lipinski definition) is 2. The van der Waals surface area contributed by atoms with Gasteiger partial charge in [0.2, 0.25) is 0 Å². The lowest BCUT2D eigenvalue weighted by Gasteiger charge is -2.12. The Morgan fingerprint density at radius 1 is 1.41 bits per heavy atom. The first-order valence-electron chi connectivity index (χ1n) is 4.71. The molecule has 0 bridgehead atoms. The number of rotatable bonds is 4. The van der Waals surface area contributed by atoms with Crippen LogP contribution in [0.1, 0.15) is 24.0 Å². The Kier molecular flexibility index (Phi) is 3.74. The van der Waals surface area contributed by atoms with Crippen molar-refractivity contribution < 1.29 is 27.1 Å². The van der Waals surface area contributed by atoms with Crippen LogP contribution in [-0.4, -0.2) is 24.0 Å². The third-order valence-corrected chi connectivity index (χ3v) is 2.59. The Morgan fingerprint density at radius 3 is 2.47 bits per heavy atom. The molecule has 0 fully saturated rings. The van der Waals surface area contributed by atoms with Crippen LogP contribution >= 0.6 is 0 Å². The van der Waals surface area contributed by atoms with Crippen molar-refractivity contribution in [3.63, 3.8) is 0 Å². The predicted molar refractivity (Wildman–Crippen MR) is 59.4 cm³/mol. The highest BCUT2D eigenvalue weighted by atomic mass is 32.3. The largest absolute Gasteiger partial charge is 0.481 e. The SMILES string of the molecule is Cc1ccc(C(C)C(=O)O)c(OS(=O)(=O)O)c1. The van der Waals surface area contributed by atoms with Gasteiger partial charge in [-0.05, 0) is 25.5 Å². The van der Waals surface area contributed by atoms with Crippen LogP contribution in [0.4, 0.5) is 0 Å². The fourth-order valence-corrected chi connectivity index (χ4v) is 1.69. The summed E-state index contributed by atoms with van der Waals surface area (Å²) < 4.78 is 34.2. The molecule has 17 heavy (non-hydrogen) atoms. The molecular weight excluding hydrogens is 248 g/mol. The summed E-state index contributed by atoms with van der Waals surface area (Å²) in [4.78, 5) is 10.8. The monoisotopic (exact) mass is 260 g/mol. The molecule has 0 radical (unpaired) electrons. The molecule has 0 aliphatic rings. The van der Waals surface area contributed by atoms with E-state index in [0.29, 0.717) is 5.56 Å². The van der Waals surface area contributed by atoms with Crippen LogP contribution in [0.2, 0.25) is 0 Å². The van der Waals surface area contributed by atoms with E-state index in [-0.39, 0.29) is 11.3 Å². The summed E-state index contributed by atoms with van der Waals surface area (Å²) in [6.07, 6.45) is 0. The average molecular weight is 260 g/mol. The van der Waals surface area contributed by atoms with Gasteiger partial charge in [-0.1, -0.05) is 12.1 Å². The lowest BCUT2D eigenvalue weighted by Crippen LogP contribution is -2.13. The Morgan fingerprint density at radius 2 is 2.00 bits per heavy atom. The van der Waals surface area contributed by atoms with Gasteiger partial charge in [-0.3, -0.25) is 9.35 Å². The Labute approximate surface area is 98.8 Å². The molecule has 0 saturated heterocycles. The topological polar surface area (TPSA) is 101 Å². The van der Waals surface area contributed by atoms with E-state index in [9.17, 15) is 13.2 Å². The lowest BCUT2D eigenvalue weighted by molar-refractivity contribution is -0.138. The zero-order valence-corrected chi connectivity index (χ0v) is 10.1. The second-order valence-electron chi connectivity index (χ2n) is 3.61. The van der Waals surface area contributed by atoms with E-state index in [1.165, 1.54) is 19.1 Å². The number of hydrogen-bond acceptors (Lipinski definition) is 4. The normalized spacial score (nSPS) is 13.1. The molecule has 1 atom stereocenters. The van der Waals surface area contributed by atoms with Gasteiger partial charge in [0.25, 0.3) is 0 Å². The van der Waals surface area contributed by atoms with Crippen molar-refractivity contribution in [2.24, 2.45) is 0 Å². The molecule has 94 valence electrons. The number of carboxylic acids is 1. The first-order chi connectivity index (χ1) is 7.70. The zero-order chi connectivity index (χ0) is 13.2. The highest BCUT2D eigenvalue weighted by molar-refractivity contribution is 7.81. The van der Waals surface area contributed by atoms with Crippen LogP contribution < -0.4 is 4.18 Å². The van der Waals surface area contributed by atoms with E-state index in [4.69, 9.17) is 9.66 Å². The van der Waals surface area contributed by atoms with E-state index in [1.54, 1.807) is 13.0 Å². The van der Waals surface area contributed by atoms with Crippen LogP contribution in [0, 0.1) is 6.92 Å². The van der Waals surface area contributed by atoms with Gasteiger partial charge in [0.1, 0.15) is 5.75 Å². The Hall–Kier alpha value is -1.60. The van der Waals surface area contributed by atoms with Crippen molar-refractivity contribution in [1.29, 1.82) is 0 Å². The van der Waals surface area contributed by atoms with E-state index < -0.39 is 22.3 Å². The molecule has 1 unspecified atom stereocenters. The number of carboxylic acid groups (broad SMARTS) is 1. The minimum atomic E-state index is -4.67. The Bertz CT molecular complexity index is 534. The molecule has 6 nitrogen and oxygen atoms in total. The third-order valence-electron chi connectivity index (χ3n) is 2.20. The zero-order valence-electron chi connectivity index (χ0n) is 9.25. The highest BCUT2D eigenvalue weighted by Gasteiger charge is 2.21. The van der Waals surface area contributed by atoms with E-state index >= 15 is 0 Å². The second kappa shape index (κ2) is 4.72. The molecule has 0 aromatic heterocycles. The van der Waals surface area contributed by atoms with Crippen LogP contribution in [-0.2, 0) is 15.2 Å². The van der Waals surface area contributed by atoms with Gasteiger partial charge >= 0.3 is 16.4 Å². The maximum absolute atomic E-state index is 10.8. The molecule has 0 spiro atoms. The molecule has 1 aromatic rings. The molecule has 2 N–H and O–H groups in total. The molecule has 7 heteroatoms. The standard InChI is InChI=1S/C10H12O6S/c1-6-3-4-8(7(2)10(11)12)9(5-6)16-17(13,14)15/h3-5,7H,1-2H3,(H,11,12)(H,13,14,15). The first kappa shape index (κ1) is 13.5. The molecular formula is C10H12O6S. The molecule has 0 amide bonds. The molecule has 1 aromatic carbocycles. The molecule has 0 aliphatic carbocycles. The number of aliphatic carboxylic acids is 1. The summed E-state index contributed by atoms with van der Waals surface area (Å²) in [6.45, 7) is 3.08. The van der Waals surface area contributed by atoms with E-state index in [2.05, 4.69) is 4.18 Å². The maximum atomic E-state index is 10.8. The maximum Gasteiger partial charge on any atom is 0.446 e. The van der Waals surface area contributed by atoms with Crippen molar-refractivity contribution in [1.82, 2.24) is 0 Å². The molecule has 0 heterocycles. The van der Waals surface area contributed by atoms with Crippen LogP contribution in [0.3, 0.4) is 0 Å². The molecule has 1 rings (SSSR count). The Balaban J connectivity index is 3.26. The second-order valence-corrected chi connectivity index (χ2v) is 4.63. The summed E-state index contributed by atoms with van der Waals surface area (Å²) in [5.74, 6) is -2.23. The van der Waals surface area contributed by atoms with Gasteiger partial charge in [-0.15, -0.1) is 0 Å². The predicted octanol–water partition coefficient (Wildman–Crippen LogP) is 1.36. The van der Waals surface area contributed by atoms with Crippen molar-refractivity contribution in [2.45, 2.75) is 19.8 Å². The number of carbonyl (C=O) groups is 1. The number of aryl methyl sites for hydroxylation is 1. The minimum Gasteiger partial charge on any atom is -0.481 e. The minimum absolute atomic E-state index is 0.178. The van der Waals surface area contributed by atoms with E-state index in [1.807, 2.05) is 0 Å². The van der Waals surface area contributed by atoms with Crippen molar-refractivity contribution in [3.05, 3.63) is 29.3 Å². The van der Waals surface area contributed by atoms with Crippen LogP contribution in [0.25, 0.3) is 0 Å². The molecule has 0 saturated carbocycles. The van der Waals surface area contributed by atoms with Crippen molar-refractivity contribution >= 4 is 16.4 Å². The first-order valence-corrected chi connectivity index (χ1v) is 6.07. The average Bonchev–Trinajstić information content (AvgIpc) is 2.14. The highest BCUT2D eigenvalue weighted by Crippen LogP contribution is 2.28. The summed E-state index contributed by atoms with van der Waals surface area (Å²) >= 11 is 0. The number of benzene rings is 1. The smallest absolute Gasteiger partial charge is 0.446 e. The van der Waals surface area contributed by atoms with Crippen LogP contribution in [0.15, 0.2) is 18.2 Å². The van der Waals surface area contributed by atoms with Gasteiger partial charge < -0.3 is 9.29 Å². The van der Waals surface area contributed by atoms with Gasteiger partial charge in [0.15, 0.2) is 0 Å².